The van der Waals surface area contributed by atoms with Crippen LogP contribution in [0.25, 0.3) is 0 Å². The number of benzene rings is 1. The van der Waals surface area contributed by atoms with E-state index in [2.05, 4.69) is 26.0 Å². The van der Waals surface area contributed by atoms with Crippen molar-refractivity contribution in [1.82, 2.24) is 0 Å². The largest absolute Gasteiger partial charge is 0.325 e. The molecule has 1 aliphatic carbocycles. The first-order valence-electron chi connectivity index (χ1n) is 6.05. The molecule has 2 N–H and O–H groups in total. The van der Waals surface area contributed by atoms with Crippen LogP contribution in [0.4, 0.5) is 0 Å². The molecule has 0 aliphatic heterocycles. The second kappa shape index (κ2) is 4.38. The quantitative estimate of drug-likeness (QED) is 0.837. The molecule has 0 saturated heterocycles. The molecule has 1 aromatic carbocycles. The molecule has 0 unspecified atom stereocenters. The lowest BCUT2D eigenvalue weighted by molar-refractivity contribution is 0.516. The van der Waals surface area contributed by atoms with Gasteiger partial charge in [-0.05, 0) is 68.7 Å². The molecule has 16 heavy (non-hydrogen) atoms. The summed E-state index contributed by atoms with van der Waals surface area (Å²) in [6.45, 7) is 4.11. The molecule has 2 rings (SSSR count). The number of aryl methyl sites for hydroxylation is 1. The number of hydrogen-bond donors (Lipinski definition) is 1. The van der Waals surface area contributed by atoms with Crippen LogP contribution in [-0.4, -0.2) is 5.54 Å². The van der Waals surface area contributed by atoms with Gasteiger partial charge < -0.3 is 5.73 Å². The van der Waals surface area contributed by atoms with E-state index in [1.165, 1.54) is 36.0 Å². The van der Waals surface area contributed by atoms with E-state index in [9.17, 15) is 0 Å². The van der Waals surface area contributed by atoms with Gasteiger partial charge in [0, 0.05) is 10.6 Å². The first kappa shape index (κ1) is 11.9. The molecule has 0 radical (unpaired) electrons. The Bertz CT molecular complexity index is 390. The monoisotopic (exact) mass is 237 g/mol. The van der Waals surface area contributed by atoms with Gasteiger partial charge in [0.25, 0.3) is 0 Å². The topological polar surface area (TPSA) is 26.0 Å². The molecule has 0 bridgehead atoms. The van der Waals surface area contributed by atoms with E-state index in [4.69, 9.17) is 17.3 Å². The molecule has 0 amide bonds. The molecule has 2 heteroatoms. The van der Waals surface area contributed by atoms with Crippen LogP contribution in [0.2, 0.25) is 5.02 Å². The average Bonchev–Trinajstić information content (AvgIpc) is 2.15. The summed E-state index contributed by atoms with van der Waals surface area (Å²) in [7, 11) is 0. The van der Waals surface area contributed by atoms with Crippen LogP contribution in [0, 0.1) is 0 Å². The summed E-state index contributed by atoms with van der Waals surface area (Å²) in [4.78, 5) is 0. The van der Waals surface area contributed by atoms with Gasteiger partial charge in [0.2, 0.25) is 0 Å². The van der Waals surface area contributed by atoms with Crippen LogP contribution in [0.5, 0.6) is 0 Å². The Morgan fingerprint density at radius 3 is 2.62 bits per heavy atom. The van der Waals surface area contributed by atoms with Crippen molar-refractivity contribution in [1.29, 1.82) is 0 Å². The Hall–Kier alpha value is -0.530. The zero-order valence-corrected chi connectivity index (χ0v) is 10.9. The molecule has 1 aliphatic rings. The maximum Gasteiger partial charge on any atom is 0.0443 e. The molecular weight excluding hydrogens is 218 g/mol. The number of hydrogen-bond acceptors (Lipinski definition) is 1. The SMILES string of the molecule is CC(C)(N)Cc1cc(Cl)c2c(c1)CCCC2. The third kappa shape index (κ3) is 2.78. The first-order chi connectivity index (χ1) is 7.46. The predicted molar refractivity (Wildman–Crippen MR) is 70.1 cm³/mol. The van der Waals surface area contributed by atoms with Crippen LogP contribution in [0.15, 0.2) is 12.1 Å². The van der Waals surface area contributed by atoms with E-state index in [1.54, 1.807) is 0 Å². The molecule has 88 valence electrons. The third-order valence-corrected chi connectivity index (χ3v) is 3.47. The highest BCUT2D eigenvalue weighted by Crippen LogP contribution is 2.30. The summed E-state index contributed by atoms with van der Waals surface area (Å²) in [5.41, 5.74) is 9.98. The standard InChI is InChI=1S/C14H20ClN/c1-14(2,16)9-10-7-11-5-3-4-6-12(11)13(15)8-10/h7-8H,3-6,9,16H2,1-2H3. The Balaban J connectivity index is 2.32. The fourth-order valence-corrected chi connectivity index (χ4v) is 2.86. The molecule has 1 aromatic rings. The molecule has 0 fully saturated rings. The van der Waals surface area contributed by atoms with Crippen LogP contribution >= 0.6 is 11.6 Å². The van der Waals surface area contributed by atoms with E-state index in [-0.39, 0.29) is 5.54 Å². The maximum atomic E-state index is 6.34. The highest BCUT2D eigenvalue weighted by Gasteiger charge is 2.17. The zero-order chi connectivity index (χ0) is 11.8. The Kier molecular flexibility index (Phi) is 3.27. The molecule has 0 spiro atoms. The predicted octanol–water partition coefficient (Wildman–Crippen LogP) is 3.50. The third-order valence-electron chi connectivity index (χ3n) is 3.13. The van der Waals surface area contributed by atoms with Gasteiger partial charge in [-0.3, -0.25) is 0 Å². The minimum Gasteiger partial charge on any atom is -0.325 e. The first-order valence-corrected chi connectivity index (χ1v) is 6.42. The fraction of sp³-hybridized carbons (Fsp3) is 0.571. The number of nitrogens with two attached hydrogens (primary N) is 1. The van der Waals surface area contributed by atoms with Gasteiger partial charge in [-0.1, -0.05) is 17.7 Å². The average molecular weight is 238 g/mol. The van der Waals surface area contributed by atoms with Crippen molar-refractivity contribution in [3.8, 4) is 0 Å². The Morgan fingerprint density at radius 1 is 1.25 bits per heavy atom. The summed E-state index contributed by atoms with van der Waals surface area (Å²) in [5.74, 6) is 0. The van der Waals surface area contributed by atoms with Gasteiger partial charge in [-0.25, -0.2) is 0 Å². The summed E-state index contributed by atoms with van der Waals surface area (Å²) >= 11 is 6.34. The number of fused-ring (bicyclic) bond motifs is 1. The van der Waals surface area contributed by atoms with Crippen molar-refractivity contribution < 1.29 is 0 Å². The van der Waals surface area contributed by atoms with Crippen LogP contribution in [-0.2, 0) is 19.3 Å². The fourth-order valence-electron chi connectivity index (χ4n) is 2.50. The van der Waals surface area contributed by atoms with E-state index in [0.717, 1.165) is 17.9 Å². The number of halogens is 1. The van der Waals surface area contributed by atoms with Crippen molar-refractivity contribution >= 4 is 11.6 Å². The summed E-state index contributed by atoms with van der Waals surface area (Å²) in [6, 6.07) is 4.40. The second-order valence-electron chi connectivity index (χ2n) is 5.59. The van der Waals surface area contributed by atoms with Crippen LogP contribution < -0.4 is 5.73 Å². The van der Waals surface area contributed by atoms with Crippen molar-refractivity contribution in [2.75, 3.05) is 0 Å². The smallest absolute Gasteiger partial charge is 0.0443 e. The zero-order valence-electron chi connectivity index (χ0n) is 10.1. The Labute approximate surface area is 103 Å². The maximum absolute atomic E-state index is 6.34. The Morgan fingerprint density at radius 2 is 1.94 bits per heavy atom. The molecular formula is C14H20ClN. The summed E-state index contributed by atoms with van der Waals surface area (Å²) < 4.78 is 0. The van der Waals surface area contributed by atoms with Gasteiger partial charge in [0.15, 0.2) is 0 Å². The van der Waals surface area contributed by atoms with E-state index < -0.39 is 0 Å². The summed E-state index contributed by atoms with van der Waals surface area (Å²) in [6.07, 6.45) is 5.77. The molecule has 0 saturated carbocycles. The van der Waals surface area contributed by atoms with Crippen molar-refractivity contribution in [2.45, 2.75) is 51.5 Å². The van der Waals surface area contributed by atoms with Gasteiger partial charge in [-0.2, -0.15) is 0 Å². The molecule has 1 nitrogen and oxygen atoms in total. The van der Waals surface area contributed by atoms with Crippen molar-refractivity contribution in [2.24, 2.45) is 5.73 Å². The van der Waals surface area contributed by atoms with Crippen molar-refractivity contribution in [3.05, 3.63) is 33.8 Å². The van der Waals surface area contributed by atoms with E-state index >= 15 is 0 Å². The molecule has 0 atom stereocenters. The van der Waals surface area contributed by atoms with Gasteiger partial charge in [-0.15, -0.1) is 0 Å². The highest BCUT2D eigenvalue weighted by atomic mass is 35.5. The lowest BCUT2D eigenvalue weighted by atomic mass is 9.87. The lowest BCUT2D eigenvalue weighted by Crippen LogP contribution is -2.34. The van der Waals surface area contributed by atoms with Crippen LogP contribution in [0.1, 0.15) is 43.4 Å². The van der Waals surface area contributed by atoms with Gasteiger partial charge in [0.1, 0.15) is 0 Å². The number of rotatable bonds is 2. The molecule has 0 heterocycles. The minimum atomic E-state index is -0.160. The van der Waals surface area contributed by atoms with Crippen LogP contribution in [0.3, 0.4) is 0 Å². The molecule has 0 aromatic heterocycles. The lowest BCUT2D eigenvalue weighted by Gasteiger charge is -2.22. The second-order valence-corrected chi connectivity index (χ2v) is 5.99. The van der Waals surface area contributed by atoms with Gasteiger partial charge >= 0.3 is 0 Å². The highest BCUT2D eigenvalue weighted by molar-refractivity contribution is 6.31. The van der Waals surface area contributed by atoms with Gasteiger partial charge in [0.05, 0.1) is 0 Å². The van der Waals surface area contributed by atoms with E-state index in [0.29, 0.717) is 0 Å². The van der Waals surface area contributed by atoms with E-state index in [1.807, 2.05) is 0 Å². The van der Waals surface area contributed by atoms with Crippen molar-refractivity contribution in [3.63, 3.8) is 0 Å². The minimum absolute atomic E-state index is 0.160. The summed E-state index contributed by atoms with van der Waals surface area (Å²) in [5, 5.41) is 0.941. The normalized spacial score (nSPS) is 16.0.